The summed E-state index contributed by atoms with van der Waals surface area (Å²) in [5.74, 6) is 0. The van der Waals surface area contributed by atoms with E-state index in [1.165, 1.54) is 39.0 Å². The van der Waals surface area contributed by atoms with Crippen LogP contribution in [0.3, 0.4) is 0 Å². The molecule has 3 unspecified atom stereocenters. The molecule has 0 bridgehead atoms. The quantitative estimate of drug-likeness (QED) is 0.239. The number of aromatic nitrogens is 1. The van der Waals surface area contributed by atoms with E-state index in [1.54, 1.807) is 0 Å². The van der Waals surface area contributed by atoms with Gasteiger partial charge in [-0.3, -0.25) is 20.5 Å². The molecule has 4 heterocycles. The molecular weight excluding hydrogens is 540 g/mol. The molecule has 220 valence electrons. The average molecular weight is 579 g/mol. The van der Waals surface area contributed by atoms with Crippen molar-refractivity contribution in [3.8, 4) is 11.1 Å². The third-order valence-corrected chi connectivity index (χ3v) is 8.59. The Bertz CT molecular complexity index is 1750. The Morgan fingerprint density at radius 1 is 0.682 bits per heavy atom. The number of nitrogens with one attached hydrogen (secondary N) is 3. The number of nitrogens with zero attached hydrogens (tertiary/aromatic N) is 3. The molecule has 6 nitrogen and oxygen atoms in total. The lowest BCUT2D eigenvalue weighted by Crippen LogP contribution is -2.54. The van der Waals surface area contributed by atoms with Gasteiger partial charge in [0.05, 0.1) is 18.5 Å². The van der Waals surface area contributed by atoms with Crippen LogP contribution in [0.2, 0.25) is 0 Å². The van der Waals surface area contributed by atoms with Crippen molar-refractivity contribution in [2.75, 3.05) is 27.2 Å². The largest absolute Gasteiger partial charge is 0.387 e. The highest BCUT2D eigenvalue weighted by atomic mass is 15.4. The maximum atomic E-state index is 4.36. The molecule has 3 aromatic carbocycles. The molecule has 0 amide bonds. The van der Waals surface area contributed by atoms with Crippen LogP contribution < -0.4 is 16.0 Å². The van der Waals surface area contributed by atoms with Crippen molar-refractivity contribution in [2.24, 2.45) is 0 Å². The molecule has 1 aromatic heterocycles. The highest BCUT2D eigenvalue weighted by molar-refractivity contribution is 5.76. The van der Waals surface area contributed by atoms with Crippen LogP contribution in [-0.4, -0.2) is 42.0 Å². The number of rotatable bonds is 6. The Balaban J connectivity index is 1.27. The zero-order valence-corrected chi connectivity index (χ0v) is 25.2. The molecule has 0 radical (unpaired) electrons. The Labute approximate surface area is 260 Å². The second-order valence-corrected chi connectivity index (χ2v) is 11.7. The number of likely N-dealkylation sites (N-methyl/N-ethyl adjacent to an activating group) is 1. The molecule has 3 aliphatic rings. The summed E-state index contributed by atoms with van der Waals surface area (Å²) in [4.78, 5) is 8.98. The minimum absolute atomic E-state index is 0.0294. The topological polar surface area (TPSA) is 55.5 Å². The predicted molar refractivity (Wildman–Crippen MR) is 180 cm³/mol. The first kappa shape index (κ1) is 28.0. The summed E-state index contributed by atoms with van der Waals surface area (Å²) in [6, 6.07) is 30.7. The maximum absolute atomic E-state index is 4.36. The first-order valence-electron chi connectivity index (χ1n) is 15.3. The van der Waals surface area contributed by atoms with Gasteiger partial charge in [0.25, 0.3) is 0 Å². The first-order valence-corrected chi connectivity index (χ1v) is 15.3. The van der Waals surface area contributed by atoms with Crippen molar-refractivity contribution >= 4 is 11.1 Å². The molecule has 3 N–H and O–H groups in total. The van der Waals surface area contributed by atoms with E-state index >= 15 is 0 Å². The van der Waals surface area contributed by atoms with E-state index in [1.807, 2.05) is 18.5 Å². The number of allylic oxidation sites excluding steroid dienone is 4. The maximum Gasteiger partial charge on any atom is 0.0888 e. The molecule has 3 aliphatic heterocycles. The van der Waals surface area contributed by atoms with Gasteiger partial charge in [-0.1, -0.05) is 85.0 Å². The molecule has 44 heavy (non-hydrogen) atoms. The van der Waals surface area contributed by atoms with Crippen LogP contribution in [0.1, 0.15) is 46.3 Å². The summed E-state index contributed by atoms with van der Waals surface area (Å²) in [5.41, 5.74) is 10.7. The van der Waals surface area contributed by atoms with Gasteiger partial charge in [0, 0.05) is 44.9 Å². The number of hydrogen-bond acceptors (Lipinski definition) is 6. The molecule has 6 heteroatoms. The van der Waals surface area contributed by atoms with Crippen LogP contribution in [0.15, 0.2) is 134 Å². The molecule has 3 atom stereocenters. The first-order chi connectivity index (χ1) is 21.6. The molecule has 7 rings (SSSR count). The molecule has 0 spiro atoms. The van der Waals surface area contributed by atoms with Crippen LogP contribution in [0.4, 0.5) is 0 Å². The van der Waals surface area contributed by atoms with Crippen molar-refractivity contribution in [1.29, 1.82) is 0 Å². The van der Waals surface area contributed by atoms with Gasteiger partial charge in [0.2, 0.25) is 0 Å². The fraction of sp³-hybridized carbons (Fsp3) is 0.184. The second-order valence-electron chi connectivity index (χ2n) is 11.7. The summed E-state index contributed by atoms with van der Waals surface area (Å²) in [6.45, 7) is 1.80. The Morgan fingerprint density at radius 3 is 2.00 bits per heavy atom. The van der Waals surface area contributed by atoms with E-state index in [9.17, 15) is 0 Å². The normalized spacial score (nSPS) is 21.9. The molecule has 4 aromatic rings. The molecule has 0 aliphatic carbocycles. The fourth-order valence-corrected chi connectivity index (χ4v) is 6.31. The standard InChI is InChI=1S/C38H38N6/c1-43-20-8-17-35(26-43)29-11-5-14-32(23-29)38-42-36(30-12-3-9-27(21-30)33-15-6-18-39-24-33)41-37(44(38)2)31-13-4-10-28(22-31)34-16-7-19-40-25-34/h3-17,19,21-26,36-39,41-42H,18,20H2,1-2H3. The van der Waals surface area contributed by atoms with Gasteiger partial charge in [-0.15, -0.1) is 0 Å². The van der Waals surface area contributed by atoms with E-state index in [0.29, 0.717) is 0 Å². The van der Waals surface area contributed by atoms with E-state index in [0.717, 1.165) is 24.2 Å². The van der Waals surface area contributed by atoms with E-state index in [-0.39, 0.29) is 18.5 Å². The van der Waals surface area contributed by atoms with Crippen molar-refractivity contribution in [3.63, 3.8) is 0 Å². The predicted octanol–water partition coefficient (Wildman–Crippen LogP) is 6.61. The third-order valence-electron chi connectivity index (χ3n) is 8.59. The van der Waals surface area contributed by atoms with Crippen LogP contribution >= 0.6 is 0 Å². The molecular formula is C38H38N6. The smallest absolute Gasteiger partial charge is 0.0888 e. The summed E-state index contributed by atoms with van der Waals surface area (Å²) >= 11 is 0. The van der Waals surface area contributed by atoms with Gasteiger partial charge in [-0.05, 0) is 81.4 Å². The summed E-state index contributed by atoms with van der Waals surface area (Å²) in [7, 11) is 4.32. The minimum atomic E-state index is -0.0760. The zero-order chi connectivity index (χ0) is 29.9. The lowest BCUT2D eigenvalue weighted by Gasteiger charge is -2.46. The fourth-order valence-electron chi connectivity index (χ4n) is 6.31. The van der Waals surface area contributed by atoms with Gasteiger partial charge in [0.15, 0.2) is 0 Å². The van der Waals surface area contributed by atoms with E-state index in [4.69, 9.17) is 0 Å². The lowest BCUT2D eigenvalue weighted by atomic mass is 9.96. The third kappa shape index (κ3) is 5.88. The van der Waals surface area contributed by atoms with Gasteiger partial charge in [-0.2, -0.15) is 0 Å². The molecule has 1 fully saturated rings. The Hall–Kier alpha value is -4.75. The van der Waals surface area contributed by atoms with E-state index in [2.05, 4.69) is 160 Å². The number of dihydropyridines is 1. The Morgan fingerprint density at radius 2 is 1.32 bits per heavy atom. The monoisotopic (exact) mass is 578 g/mol. The number of benzene rings is 3. The second kappa shape index (κ2) is 12.5. The number of hydrogen-bond donors (Lipinski definition) is 3. The van der Waals surface area contributed by atoms with Crippen LogP contribution in [0, 0.1) is 0 Å². The molecule has 1 saturated heterocycles. The van der Waals surface area contributed by atoms with Crippen molar-refractivity contribution in [1.82, 2.24) is 30.7 Å². The number of pyridine rings is 1. The highest BCUT2D eigenvalue weighted by Crippen LogP contribution is 2.36. The minimum Gasteiger partial charge on any atom is -0.387 e. The van der Waals surface area contributed by atoms with Crippen LogP contribution in [0.25, 0.3) is 22.3 Å². The summed E-state index contributed by atoms with van der Waals surface area (Å²) in [6.07, 6.45) is 16.7. The van der Waals surface area contributed by atoms with Crippen molar-refractivity contribution in [2.45, 2.75) is 18.5 Å². The van der Waals surface area contributed by atoms with Crippen molar-refractivity contribution < 1.29 is 0 Å². The highest BCUT2D eigenvalue weighted by Gasteiger charge is 2.35. The lowest BCUT2D eigenvalue weighted by molar-refractivity contribution is 0.0416. The zero-order valence-electron chi connectivity index (χ0n) is 25.2. The van der Waals surface area contributed by atoms with E-state index < -0.39 is 0 Å². The van der Waals surface area contributed by atoms with Crippen LogP contribution in [0.5, 0.6) is 0 Å². The van der Waals surface area contributed by atoms with Gasteiger partial charge < -0.3 is 10.2 Å². The summed E-state index contributed by atoms with van der Waals surface area (Å²) < 4.78 is 0. The van der Waals surface area contributed by atoms with Gasteiger partial charge in [0.1, 0.15) is 0 Å². The SMILES string of the molecule is CN1C=C(c2cccc(C3NC(c4cccc(C5=CNCC=C5)c4)NC(c4cccc(-c5cccnc5)c4)N3C)c2)C=CC1. The summed E-state index contributed by atoms with van der Waals surface area (Å²) in [5, 5.41) is 11.2. The van der Waals surface area contributed by atoms with Gasteiger partial charge in [-0.25, -0.2) is 0 Å². The van der Waals surface area contributed by atoms with Gasteiger partial charge >= 0.3 is 0 Å². The van der Waals surface area contributed by atoms with Crippen LogP contribution in [-0.2, 0) is 0 Å². The molecule has 0 saturated carbocycles. The average Bonchev–Trinajstić information content (AvgIpc) is 3.09. The Kier molecular flexibility index (Phi) is 7.95. The van der Waals surface area contributed by atoms with Crippen molar-refractivity contribution in [3.05, 3.63) is 162 Å².